The van der Waals surface area contributed by atoms with Gasteiger partial charge in [-0.05, 0) is 17.7 Å². The number of benzene rings is 2. The Hall–Kier alpha value is -2.51. The van der Waals surface area contributed by atoms with Crippen molar-refractivity contribution in [3.05, 3.63) is 66.2 Å². The second-order valence-electron chi connectivity index (χ2n) is 5.62. The summed E-state index contributed by atoms with van der Waals surface area (Å²) in [6.45, 7) is 0.494. The first-order valence-corrected chi connectivity index (χ1v) is 9.78. The van der Waals surface area contributed by atoms with Crippen molar-refractivity contribution in [1.82, 2.24) is 15.3 Å². The predicted octanol–water partition coefficient (Wildman–Crippen LogP) is 4.39. The number of hydrogen-bond acceptors (Lipinski definition) is 5. The zero-order valence-electron chi connectivity index (χ0n) is 13.6. The van der Waals surface area contributed by atoms with Gasteiger partial charge in [0.1, 0.15) is 17.2 Å². The Labute approximate surface area is 157 Å². The maximum atomic E-state index is 14.1. The second kappa shape index (κ2) is 7.39. The smallest absolute Gasteiger partial charge is 0.230 e. The minimum atomic E-state index is -0.288. The van der Waals surface area contributed by atoms with Gasteiger partial charge < -0.3 is 5.32 Å². The molecule has 26 heavy (non-hydrogen) atoms. The summed E-state index contributed by atoms with van der Waals surface area (Å²) in [6.07, 6.45) is 1.42. The van der Waals surface area contributed by atoms with Crippen molar-refractivity contribution >= 4 is 49.3 Å². The molecule has 0 saturated heterocycles. The number of carbonyl (C=O) groups is 1. The lowest BCUT2D eigenvalue weighted by atomic mass is 10.2. The number of hydrogen-bond donors (Lipinski definition) is 1. The fourth-order valence-corrected chi connectivity index (χ4v) is 4.72. The lowest BCUT2D eigenvalue weighted by Gasteiger charge is -2.05. The Balaban J connectivity index is 1.50. The summed E-state index contributed by atoms with van der Waals surface area (Å²) in [7, 11) is 0. The number of amides is 1. The minimum absolute atomic E-state index is 0.0714. The Morgan fingerprint density at radius 1 is 1.12 bits per heavy atom. The van der Waals surface area contributed by atoms with E-state index in [-0.39, 0.29) is 17.5 Å². The molecule has 4 rings (SSSR count). The molecule has 7 heteroatoms. The summed E-state index contributed by atoms with van der Waals surface area (Å²) < 4.78 is 15.8. The maximum Gasteiger partial charge on any atom is 0.230 e. The molecule has 0 atom stereocenters. The molecule has 0 aliphatic heterocycles. The molecule has 2 aromatic heterocycles. The van der Waals surface area contributed by atoms with Crippen molar-refractivity contribution in [2.45, 2.75) is 11.6 Å². The number of nitrogens with one attached hydrogen (secondary N) is 1. The van der Waals surface area contributed by atoms with Gasteiger partial charge in [-0.3, -0.25) is 4.79 Å². The highest BCUT2D eigenvalue weighted by molar-refractivity contribution is 8.00. The van der Waals surface area contributed by atoms with E-state index in [9.17, 15) is 9.18 Å². The quantitative estimate of drug-likeness (QED) is 0.410. The molecule has 0 fully saturated rings. The van der Waals surface area contributed by atoms with Crippen molar-refractivity contribution in [1.29, 1.82) is 0 Å². The Kier molecular flexibility index (Phi) is 4.81. The van der Waals surface area contributed by atoms with Gasteiger partial charge in [-0.15, -0.1) is 11.3 Å². The largest absolute Gasteiger partial charge is 0.351 e. The third kappa shape index (κ3) is 3.40. The molecule has 0 saturated carbocycles. The normalized spacial score (nSPS) is 11.1. The molecule has 0 unspecified atom stereocenters. The fourth-order valence-electron chi connectivity index (χ4n) is 2.64. The van der Waals surface area contributed by atoms with E-state index in [1.54, 1.807) is 6.07 Å². The van der Waals surface area contributed by atoms with Crippen LogP contribution in [0.25, 0.3) is 20.3 Å². The van der Waals surface area contributed by atoms with Crippen molar-refractivity contribution in [2.75, 3.05) is 5.75 Å². The van der Waals surface area contributed by atoms with E-state index in [0.717, 1.165) is 15.0 Å². The molecule has 0 spiro atoms. The molecule has 130 valence electrons. The number of carbonyl (C=O) groups excluding carboxylic acids is 1. The van der Waals surface area contributed by atoms with Gasteiger partial charge in [0.15, 0.2) is 0 Å². The molecule has 0 aliphatic rings. The molecular weight excluding hydrogens is 369 g/mol. The number of thioether (sulfide) groups is 1. The van der Waals surface area contributed by atoms with Crippen LogP contribution in [0.3, 0.4) is 0 Å². The fraction of sp³-hybridized carbons (Fsp3) is 0.105. The molecule has 4 nitrogen and oxygen atoms in total. The van der Waals surface area contributed by atoms with E-state index in [0.29, 0.717) is 22.5 Å². The summed E-state index contributed by atoms with van der Waals surface area (Å²) in [5, 5.41) is 4.11. The van der Waals surface area contributed by atoms with Gasteiger partial charge in [-0.2, -0.15) is 0 Å². The van der Waals surface area contributed by atoms with Gasteiger partial charge in [-0.1, -0.05) is 48.2 Å². The number of nitrogens with zero attached hydrogens (tertiary/aromatic N) is 2. The van der Waals surface area contributed by atoms with Crippen LogP contribution in [0.4, 0.5) is 4.39 Å². The van der Waals surface area contributed by atoms with Crippen LogP contribution < -0.4 is 5.32 Å². The highest BCUT2D eigenvalue weighted by Gasteiger charge is 2.15. The average molecular weight is 383 g/mol. The third-order valence-electron chi connectivity index (χ3n) is 3.87. The van der Waals surface area contributed by atoms with Crippen LogP contribution in [-0.4, -0.2) is 21.6 Å². The Morgan fingerprint density at radius 2 is 1.96 bits per heavy atom. The van der Waals surface area contributed by atoms with Gasteiger partial charge in [0.2, 0.25) is 5.91 Å². The predicted molar refractivity (Wildman–Crippen MR) is 104 cm³/mol. The highest BCUT2D eigenvalue weighted by Crippen LogP contribution is 2.38. The molecular formula is C19H14FN3OS2. The topological polar surface area (TPSA) is 54.9 Å². The van der Waals surface area contributed by atoms with E-state index >= 15 is 0 Å². The average Bonchev–Trinajstić information content (AvgIpc) is 3.06. The monoisotopic (exact) mass is 383 g/mol. The minimum Gasteiger partial charge on any atom is -0.351 e. The molecule has 2 aromatic carbocycles. The van der Waals surface area contributed by atoms with Gasteiger partial charge in [-0.25, -0.2) is 14.4 Å². The SMILES string of the molecule is O=C(CSc1ncnc2c1sc1cccc(F)c12)NCc1ccccc1. The number of fused-ring (bicyclic) bond motifs is 3. The van der Waals surface area contributed by atoms with Crippen molar-refractivity contribution in [3.63, 3.8) is 0 Å². The van der Waals surface area contributed by atoms with Gasteiger partial charge in [0, 0.05) is 11.2 Å². The van der Waals surface area contributed by atoms with Crippen LogP contribution >= 0.6 is 23.1 Å². The van der Waals surface area contributed by atoms with Crippen molar-refractivity contribution in [2.24, 2.45) is 0 Å². The molecule has 0 radical (unpaired) electrons. The first kappa shape index (κ1) is 16.9. The maximum absolute atomic E-state index is 14.1. The number of thiophene rings is 1. The van der Waals surface area contributed by atoms with Crippen LogP contribution in [0.2, 0.25) is 0 Å². The summed E-state index contributed by atoms with van der Waals surface area (Å²) in [5.41, 5.74) is 1.65. The molecule has 1 N–H and O–H groups in total. The van der Waals surface area contributed by atoms with Gasteiger partial charge >= 0.3 is 0 Å². The highest BCUT2D eigenvalue weighted by atomic mass is 32.2. The Morgan fingerprint density at radius 3 is 2.81 bits per heavy atom. The zero-order valence-corrected chi connectivity index (χ0v) is 15.2. The zero-order chi connectivity index (χ0) is 17.9. The van der Waals surface area contributed by atoms with E-state index < -0.39 is 0 Å². The summed E-state index contributed by atoms with van der Waals surface area (Å²) in [4.78, 5) is 20.6. The van der Waals surface area contributed by atoms with Crippen LogP contribution in [0.15, 0.2) is 59.9 Å². The summed E-state index contributed by atoms with van der Waals surface area (Å²) in [5.74, 6) is -0.114. The number of halogens is 1. The lowest BCUT2D eigenvalue weighted by molar-refractivity contribution is -0.118. The molecule has 0 aliphatic carbocycles. The first-order chi connectivity index (χ1) is 12.7. The number of aromatic nitrogens is 2. The van der Waals surface area contributed by atoms with E-state index in [1.165, 1.54) is 35.5 Å². The molecule has 4 aromatic rings. The van der Waals surface area contributed by atoms with E-state index in [4.69, 9.17) is 0 Å². The van der Waals surface area contributed by atoms with Crippen molar-refractivity contribution in [3.8, 4) is 0 Å². The third-order valence-corrected chi connectivity index (χ3v) is 6.14. The first-order valence-electron chi connectivity index (χ1n) is 7.97. The summed E-state index contributed by atoms with van der Waals surface area (Å²) in [6, 6.07) is 14.7. The van der Waals surface area contributed by atoms with Crippen LogP contribution in [-0.2, 0) is 11.3 Å². The van der Waals surface area contributed by atoms with Crippen LogP contribution in [0, 0.1) is 5.82 Å². The Bertz CT molecular complexity index is 1080. The summed E-state index contributed by atoms with van der Waals surface area (Å²) >= 11 is 2.79. The molecule has 2 heterocycles. The molecule has 1 amide bonds. The van der Waals surface area contributed by atoms with Crippen molar-refractivity contribution < 1.29 is 9.18 Å². The van der Waals surface area contributed by atoms with Crippen LogP contribution in [0.1, 0.15) is 5.56 Å². The standard InChI is InChI=1S/C19H14FN3OS2/c20-13-7-4-8-14-16(13)17-18(26-14)19(23-11-22-17)25-10-15(24)21-9-12-5-2-1-3-6-12/h1-8,11H,9-10H2,(H,21,24). The molecule has 0 bridgehead atoms. The number of rotatable bonds is 5. The van der Waals surface area contributed by atoms with E-state index in [2.05, 4.69) is 15.3 Å². The van der Waals surface area contributed by atoms with E-state index in [1.807, 2.05) is 36.4 Å². The van der Waals surface area contributed by atoms with Crippen LogP contribution in [0.5, 0.6) is 0 Å². The van der Waals surface area contributed by atoms with Gasteiger partial charge in [0.05, 0.1) is 21.4 Å². The van der Waals surface area contributed by atoms with Gasteiger partial charge in [0.25, 0.3) is 0 Å². The second-order valence-corrected chi connectivity index (χ2v) is 7.64. The lowest BCUT2D eigenvalue weighted by Crippen LogP contribution is -2.24.